The molecule has 0 saturated heterocycles. The number of benzene rings is 2. The third kappa shape index (κ3) is 5.79. The van der Waals surface area contributed by atoms with Gasteiger partial charge >= 0.3 is 5.97 Å². The molecule has 2 N–H and O–H groups in total. The van der Waals surface area contributed by atoms with Gasteiger partial charge in [0.15, 0.2) is 6.61 Å². The van der Waals surface area contributed by atoms with Crippen LogP contribution in [0.1, 0.15) is 35.6 Å². The first-order chi connectivity index (χ1) is 16.8. The van der Waals surface area contributed by atoms with Gasteiger partial charge in [-0.3, -0.25) is 0 Å². The number of aliphatic carboxylic acids is 1. The maximum Gasteiger partial charge on any atom is 0.341 e. The Morgan fingerprint density at radius 1 is 1.26 bits per heavy atom. The van der Waals surface area contributed by atoms with Crippen LogP contribution in [0.2, 0.25) is 0 Å². The fourth-order valence-electron chi connectivity index (χ4n) is 3.81. The van der Waals surface area contributed by atoms with Gasteiger partial charge in [0.05, 0.1) is 22.3 Å². The topological polar surface area (TPSA) is 139 Å². The summed E-state index contributed by atoms with van der Waals surface area (Å²) in [6, 6.07) is 14.6. The van der Waals surface area contributed by atoms with Gasteiger partial charge in [-0.05, 0) is 82.7 Å². The Morgan fingerprint density at radius 3 is 2.71 bits per heavy atom. The van der Waals surface area contributed by atoms with Crippen molar-refractivity contribution in [2.45, 2.75) is 30.2 Å². The Balaban J connectivity index is 1.53. The number of sulfonamides is 1. The normalized spacial score (nSPS) is 15.0. The SMILES string of the molecule is N#Cc1ccc(Oc2ncc(S(=O)(=O)NC3CCCc4c(OCC(=O)O)cccc43)cc2Br)cc1. The third-order valence-electron chi connectivity index (χ3n) is 5.40. The molecule has 1 aliphatic carbocycles. The van der Waals surface area contributed by atoms with E-state index in [4.69, 9.17) is 19.8 Å². The van der Waals surface area contributed by atoms with Crippen LogP contribution >= 0.6 is 15.9 Å². The van der Waals surface area contributed by atoms with Gasteiger partial charge in [0.1, 0.15) is 16.4 Å². The number of fused-ring (bicyclic) bond motifs is 1. The second kappa shape index (κ2) is 10.4. The van der Waals surface area contributed by atoms with Gasteiger partial charge < -0.3 is 14.6 Å². The lowest BCUT2D eigenvalue weighted by atomic mass is 9.87. The van der Waals surface area contributed by atoms with Crippen LogP contribution in [0, 0.1) is 11.3 Å². The van der Waals surface area contributed by atoms with Crippen molar-refractivity contribution >= 4 is 31.9 Å². The third-order valence-corrected chi connectivity index (χ3v) is 7.41. The van der Waals surface area contributed by atoms with E-state index in [-0.39, 0.29) is 10.8 Å². The summed E-state index contributed by atoms with van der Waals surface area (Å²) in [7, 11) is -3.93. The Labute approximate surface area is 210 Å². The maximum absolute atomic E-state index is 13.2. The number of aromatic nitrogens is 1. The summed E-state index contributed by atoms with van der Waals surface area (Å²) in [5, 5.41) is 17.8. The fraction of sp³-hybridized carbons (Fsp3) is 0.208. The van der Waals surface area contributed by atoms with E-state index in [1.807, 2.05) is 12.1 Å². The van der Waals surface area contributed by atoms with E-state index in [0.717, 1.165) is 11.1 Å². The zero-order valence-corrected chi connectivity index (χ0v) is 20.7. The first-order valence-corrected chi connectivity index (χ1v) is 12.9. The van der Waals surface area contributed by atoms with Crippen molar-refractivity contribution in [2.75, 3.05) is 6.61 Å². The van der Waals surface area contributed by atoms with Crippen LogP contribution in [0.15, 0.2) is 64.1 Å². The minimum absolute atomic E-state index is 0.0399. The van der Waals surface area contributed by atoms with Gasteiger partial charge in [-0.1, -0.05) is 12.1 Å². The number of nitriles is 1. The predicted molar refractivity (Wildman–Crippen MR) is 129 cm³/mol. The Morgan fingerprint density at radius 2 is 2.03 bits per heavy atom. The summed E-state index contributed by atoms with van der Waals surface area (Å²) in [6.45, 7) is -0.469. The molecule has 0 bridgehead atoms. The lowest BCUT2D eigenvalue weighted by Crippen LogP contribution is -2.31. The number of hydrogen-bond acceptors (Lipinski definition) is 7. The molecular formula is C24H20BrN3O6S. The minimum Gasteiger partial charge on any atom is -0.482 e. The highest BCUT2D eigenvalue weighted by atomic mass is 79.9. The highest BCUT2D eigenvalue weighted by Crippen LogP contribution is 2.37. The summed E-state index contributed by atoms with van der Waals surface area (Å²) in [4.78, 5) is 15.0. The maximum atomic E-state index is 13.2. The van der Waals surface area contributed by atoms with Gasteiger partial charge in [0.25, 0.3) is 0 Å². The quantitative estimate of drug-likeness (QED) is 0.417. The minimum atomic E-state index is -3.93. The van der Waals surface area contributed by atoms with Crippen molar-refractivity contribution in [3.63, 3.8) is 0 Å². The number of nitrogens with one attached hydrogen (secondary N) is 1. The molecule has 1 unspecified atom stereocenters. The smallest absolute Gasteiger partial charge is 0.341 e. The van der Waals surface area contributed by atoms with Crippen LogP contribution in [0.25, 0.3) is 0 Å². The van der Waals surface area contributed by atoms with Gasteiger partial charge in [0, 0.05) is 6.04 Å². The number of halogens is 1. The van der Waals surface area contributed by atoms with Crippen LogP contribution in [0.3, 0.4) is 0 Å². The van der Waals surface area contributed by atoms with Crippen LogP contribution in [0.4, 0.5) is 0 Å². The fourth-order valence-corrected chi connectivity index (χ4v) is 5.61. The Bertz CT molecular complexity index is 1400. The van der Waals surface area contributed by atoms with Crippen molar-refractivity contribution in [3.05, 3.63) is 75.9 Å². The molecule has 1 aromatic heterocycles. The van der Waals surface area contributed by atoms with Crippen molar-refractivity contribution in [1.82, 2.24) is 9.71 Å². The van der Waals surface area contributed by atoms with E-state index >= 15 is 0 Å². The summed E-state index contributed by atoms with van der Waals surface area (Å²) in [6.07, 6.45) is 3.18. The Kier molecular flexibility index (Phi) is 7.35. The van der Waals surface area contributed by atoms with Gasteiger partial charge in [-0.2, -0.15) is 5.26 Å². The number of carbonyl (C=O) groups is 1. The first-order valence-electron chi connectivity index (χ1n) is 10.6. The standard InChI is InChI=1S/C24H20BrN3O6S/c25-20-11-17(13-27-24(20)34-16-9-7-15(12-26)8-10-16)35(31,32)28-21-5-1-4-19-18(21)3-2-6-22(19)33-14-23(29)30/h2-3,6-11,13,21,28H,1,4-5,14H2,(H,29,30). The molecule has 0 saturated carbocycles. The van der Waals surface area contributed by atoms with Crippen molar-refractivity contribution < 1.29 is 27.8 Å². The summed E-state index contributed by atoms with van der Waals surface area (Å²) >= 11 is 3.32. The van der Waals surface area contributed by atoms with Crippen molar-refractivity contribution in [2.24, 2.45) is 0 Å². The molecule has 9 nitrogen and oxygen atoms in total. The second-order valence-electron chi connectivity index (χ2n) is 7.77. The molecule has 35 heavy (non-hydrogen) atoms. The monoisotopic (exact) mass is 557 g/mol. The lowest BCUT2D eigenvalue weighted by molar-refractivity contribution is -0.139. The van der Waals surface area contributed by atoms with Crippen LogP contribution in [0.5, 0.6) is 17.4 Å². The molecule has 0 spiro atoms. The number of hydrogen-bond donors (Lipinski definition) is 2. The molecule has 4 rings (SSSR count). The zero-order valence-electron chi connectivity index (χ0n) is 18.3. The molecule has 1 aliphatic rings. The van der Waals surface area contributed by atoms with Crippen molar-refractivity contribution in [3.8, 4) is 23.4 Å². The number of nitrogens with zero attached hydrogens (tertiary/aromatic N) is 2. The largest absolute Gasteiger partial charge is 0.482 e. The molecule has 0 amide bonds. The van der Waals surface area contributed by atoms with Gasteiger partial charge in [-0.25, -0.2) is 22.9 Å². The van der Waals surface area contributed by atoms with Gasteiger partial charge in [-0.15, -0.1) is 0 Å². The zero-order chi connectivity index (χ0) is 25.0. The van der Waals surface area contributed by atoms with Crippen LogP contribution < -0.4 is 14.2 Å². The molecule has 1 heterocycles. The van der Waals surface area contributed by atoms with E-state index in [1.165, 1.54) is 12.3 Å². The molecule has 180 valence electrons. The van der Waals surface area contributed by atoms with Crippen LogP contribution in [-0.4, -0.2) is 31.1 Å². The number of rotatable bonds is 8. The number of ether oxygens (including phenoxy) is 2. The highest BCUT2D eigenvalue weighted by molar-refractivity contribution is 9.10. The molecule has 11 heteroatoms. The van der Waals surface area contributed by atoms with E-state index in [2.05, 4.69) is 25.6 Å². The number of pyridine rings is 1. The molecule has 1 atom stereocenters. The second-order valence-corrected chi connectivity index (χ2v) is 10.3. The molecule has 0 aliphatic heterocycles. The van der Waals surface area contributed by atoms with Crippen LogP contribution in [-0.2, 0) is 21.2 Å². The average molecular weight is 558 g/mol. The van der Waals surface area contributed by atoms with E-state index in [1.54, 1.807) is 36.4 Å². The summed E-state index contributed by atoms with van der Waals surface area (Å²) in [5.41, 5.74) is 2.05. The molecule has 0 radical (unpaired) electrons. The molecule has 0 fully saturated rings. The molecular weight excluding hydrogens is 538 g/mol. The number of carboxylic acids is 1. The van der Waals surface area contributed by atoms with E-state index < -0.39 is 28.6 Å². The average Bonchev–Trinajstić information content (AvgIpc) is 2.84. The summed E-state index contributed by atoms with van der Waals surface area (Å²) in [5.74, 6) is -0.00887. The molecule has 2 aromatic carbocycles. The predicted octanol–water partition coefficient (Wildman–Crippen LogP) is 4.33. The van der Waals surface area contributed by atoms with Crippen molar-refractivity contribution in [1.29, 1.82) is 5.26 Å². The number of carboxylic acid groups (broad SMARTS) is 1. The lowest BCUT2D eigenvalue weighted by Gasteiger charge is -2.27. The van der Waals surface area contributed by atoms with E-state index in [9.17, 15) is 13.2 Å². The molecule has 3 aromatic rings. The van der Waals surface area contributed by atoms with Gasteiger partial charge in [0.2, 0.25) is 15.9 Å². The van der Waals surface area contributed by atoms with E-state index in [0.29, 0.717) is 40.8 Å². The summed E-state index contributed by atoms with van der Waals surface area (Å²) < 4.78 is 40.5. The first kappa shape index (κ1) is 24.7. The Hall–Kier alpha value is -3.46. The highest BCUT2D eigenvalue weighted by Gasteiger charge is 2.28.